The van der Waals surface area contributed by atoms with Crippen LogP contribution in [0, 0.1) is 5.82 Å². The quantitative estimate of drug-likeness (QED) is 0.538. The number of amides is 1. The number of piperazine rings is 1. The summed E-state index contributed by atoms with van der Waals surface area (Å²) in [6.45, 7) is 4.94. The number of likely N-dealkylation sites (N-methyl/N-ethyl adjacent to an activating group) is 1. The van der Waals surface area contributed by atoms with Gasteiger partial charge in [-0.2, -0.15) is 0 Å². The zero-order chi connectivity index (χ0) is 24.1. The summed E-state index contributed by atoms with van der Waals surface area (Å²) in [5.74, 6) is -0.782. The summed E-state index contributed by atoms with van der Waals surface area (Å²) in [5, 5.41) is 2.88. The Labute approximate surface area is 199 Å². The Bertz CT molecular complexity index is 1240. The summed E-state index contributed by atoms with van der Waals surface area (Å²) in [7, 11) is -1.74. The maximum absolute atomic E-state index is 13.0. The molecule has 7 nitrogen and oxygen atoms in total. The first-order valence-corrected chi connectivity index (χ1v) is 12.5. The molecule has 0 radical (unpaired) electrons. The minimum atomic E-state index is -3.86. The molecule has 4 rings (SSSR count). The average molecular weight is 483 g/mol. The molecule has 3 aromatic rings. The van der Waals surface area contributed by atoms with Crippen LogP contribution in [-0.4, -0.2) is 57.4 Å². The van der Waals surface area contributed by atoms with Gasteiger partial charge in [0.05, 0.1) is 4.90 Å². The molecule has 178 valence electrons. The monoisotopic (exact) mass is 482 g/mol. The van der Waals surface area contributed by atoms with Gasteiger partial charge in [-0.1, -0.05) is 12.1 Å². The molecule has 0 bridgehead atoms. The Balaban J connectivity index is 1.38. The maximum atomic E-state index is 13.0. The number of hydrogen-bond acceptors (Lipinski definition) is 5. The minimum Gasteiger partial charge on any atom is -0.322 e. The summed E-state index contributed by atoms with van der Waals surface area (Å²) < 4.78 is 40.6. The number of carbonyl (C=O) groups excluding carboxylic acids is 1. The first kappa shape index (κ1) is 23.9. The van der Waals surface area contributed by atoms with E-state index < -0.39 is 15.8 Å². The molecule has 0 atom stereocenters. The zero-order valence-electron chi connectivity index (χ0n) is 18.9. The van der Waals surface area contributed by atoms with E-state index in [4.69, 9.17) is 0 Å². The van der Waals surface area contributed by atoms with Gasteiger partial charge in [0.25, 0.3) is 15.9 Å². The second-order valence-corrected chi connectivity index (χ2v) is 10.1. The van der Waals surface area contributed by atoms with E-state index in [1.54, 1.807) is 0 Å². The topological polar surface area (TPSA) is 81.8 Å². The first-order valence-electron chi connectivity index (χ1n) is 11.0. The highest BCUT2D eigenvalue weighted by molar-refractivity contribution is 7.92. The molecule has 1 fully saturated rings. The number of carbonyl (C=O) groups is 1. The van der Waals surface area contributed by atoms with Gasteiger partial charge in [-0.05, 0) is 73.3 Å². The molecule has 3 aromatic carbocycles. The highest BCUT2D eigenvalue weighted by Crippen LogP contribution is 2.19. The van der Waals surface area contributed by atoms with Crippen molar-refractivity contribution in [3.8, 4) is 0 Å². The van der Waals surface area contributed by atoms with Gasteiger partial charge >= 0.3 is 0 Å². The lowest BCUT2D eigenvalue weighted by Crippen LogP contribution is -2.43. The standard InChI is InChI=1S/C25H27FN4O3S/c1-29-13-15-30(16-14-29)18-19-3-2-4-23(17-19)27-25(31)20-5-11-24(12-6-20)34(32,33)28-22-9-7-21(26)8-10-22/h2-12,17,28H,13-16,18H2,1H3,(H,27,31). The number of sulfonamides is 1. The third-order valence-electron chi connectivity index (χ3n) is 5.71. The van der Waals surface area contributed by atoms with Gasteiger partial charge < -0.3 is 10.2 Å². The van der Waals surface area contributed by atoms with Crippen molar-refractivity contribution in [2.45, 2.75) is 11.4 Å². The number of rotatable bonds is 7. The van der Waals surface area contributed by atoms with E-state index in [9.17, 15) is 17.6 Å². The Morgan fingerprint density at radius 1 is 0.912 bits per heavy atom. The molecule has 0 aliphatic carbocycles. The average Bonchev–Trinajstić information content (AvgIpc) is 2.82. The van der Waals surface area contributed by atoms with Crippen LogP contribution in [0.1, 0.15) is 15.9 Å². The number of nitrogens with zero attached hydrogens (tertiary/aromatic N) is 2. The van der Waals surface area contributed by atoms with Gasteiger partial charge in [0.2, 0.25) is 0 Å². The fourth-order valence-electron chi connectivity index (χ4n) is 3.73. The van der Waals surface area contributed by atoms with Crippen LogP contribution in [-0.2, 0) is 16.6 Å². The molecular formula is C25H27FN4O3S. The minimum absolute atomic E-state index is 0.00236. The highest BCUT2D eigenvalue weighted by Gasteiger charge is 2.16. The predicted molar refractivity (Wildman–Crippen MR) is 131 cm³/mol. The van der Waals surface area contributed by atoms with Crippen molar-refractivity contribution < 1.29 is 17.6 Å². The number of hydrogen-bond donors (Lipinski definition) is 2. The van der Waals surface area contributed by atoms with E-state index in [-0.39, 0.29) is 16.5 Å². The Hall–Kier alpha value is -3.27. The largest absolute Gasteiger partial charge is 0.322 e. The van der Waals surface area contributed by atoms with Crippen LogP contribution in [0.2, 0.25) is 0 Å². The summed E-state index contributed by atoms with van der Waals surface area (Å²) in [5.41, 5.74) is 2.40. The molecule has 1 saturated heterocycles. The lowest BCUT2D eigenvalue weighted by atomic mass is 10.1. The third kappa shape index (κ3) is 6.19. The molecule has 1 aliphatic rings. The van der Waals surface area contributed by atoms with E-state index in [0.717, 1.165) is 38.3 Å². The van der Waals surface area contributed by atoms with Crippen molar-refractivity contribution in [3.05, 3.63) is 89.7 Å². The SMILES string of the molecule is CN1CCN(Cc2cccc(NC(=O)c3ccc(S(=O)(=O)Nc4ccc(F)cc4)cc3)c2)CC1. The molecular weight excluding hydrogens is 455 g/mol. The van der Waals surface area contributed by atoms with Crippen LogP contribution >= 0.6 is 0 Å². The van der Waals surface area contributed by atoms with Gasteiger partial charge in [0, 0.05) is 49.7 Å². The Morgan fingerprint density at radius 3 is 2.26 bits per heavy atom. The zero-order valence-corrected chi connectivity index (χ0v) is 19.7. The molecule has 0 unspecified atom stereocenters. The van der Waals surface area contributed by atoms with Crippen LogP contribution in [0.25, 0.3) is 0 Å². The summed E-state index contributed by atoms with van der Waals surface area (Å²) in [4.78, 5) is 17.4. The summed E-state index contributed by atoms with van der Waals surface area (Å²) in [6, 6.07) is 18.4. The van der Waals surface area contributed by atoms with Crippen LogP contribution < -0.4 is 10.0 Å². The molecule has 9 heteroatoms. The van der Waals surface area contributed by atoms with Crippen molar-refractivity contribution in [2.75, 3.05) is 43.3 Å². The molecule has 1 amide bonds. The summed E-state index contributed by atoms with van der Waals surface area (Å²) in [6.07, 6.45) is 0. The number of halogens is 1. The molecule has 0 spiro atoms. The van der Waals surface area contributed by atoms with Gasteiger partial charge in [-0.25, -0.2) is 12.8 Å². The number of benzene rings is 3. The van der Waals surface area contributed by atoms with E-state index in [1.165, 1.54) is 48.5 Å². The first-order chi connectivity index (χ1) is 16.3. The number of anilines is 2. The van der Waals surface area contributed by atoms with E-state index in [1.807, 2.05) is 24.3 Å². The molecule has 1 heterocycles. The smallest absolute Gasteiger partial charge is 0.261 e. The van der Waals surface area contributed by atoms with Crippen molar-refractivity contribution >= 4 is 27.3 Å². The second-order valence-electron chi connectivity index (χ2n) is 8.37. The van der Waals surface area contributed by atoms with Crippen molar-refractivity contribution in [1.29, 1.82) is 0 Å². The lowest BCUT2D eigenvalue weighted by Gasteiger charge is -2.32. The van der Waals surface area contributed by atoms with Gasteiger partial charge in [0.15, 0.2) is 0 Å². The molecule has 34 heavy (non-hydrogen) atoms. The second kappa shape index (κ2) is 10.3. The fourth-order valence-corrected chi connectivity index (χ4v) is 4.79. The molecule has 1 aliphatic heterocycles. The molecule has 0 saturated carbocycles. The fraction of sp³-hybridized carbons (Fsp3) is 0.240. The van der Waals surface area contributed by atoms with Crippen LogP contribution in [0.3, 0.4) is 0 Å². The van der Waals surface area contributed by atoms with Crippen molar-refractivity contribution in [2.24, 2.45) is 0 Å². The maximum Gasteiger partial charge on any atom is 0.261 e. The van der Waals surface area contributed by atoms with E-state index in [2.05, 4.69) is 26.9 Å². The van der Waals surface area contributed by atoms with Crippen molar-refractivity contribution in [3.63, 3.8) is 0 Å². The van der Waals surface area contributed by atoms with Crippen LogP contribution in [0.15, 0.2) is 77.7 Å². The van der Waals surface area contributed by atoms with Gasteiger partial charge in [-0.3, -0.25) is 14.4 Å². The van der Waals surface area contributed by atoms with Crippen LogP contribution in [0.4, 0.5) is 15.8 Å². The predicted octanol–water partition coefficient (Wildman–Crippen LogP) is 3.63. The highest BCUT2D eigenvalue weighted by atomic mass is 32.2. The Morgan fingerprint density at radius 2 is 1.59 bits per heavy atom. The van der Waals surface area contributed by atoms with Crippen LogP contribution in [0.5, 0.6) is 0 Å². The molecule has 2 N–H and O–H groups in total. The number of nitrogens with one attached hydrogen (secondary N) is 2. The molecule has 0 aromatic heterocycles. The normalized spacial score (nSPS) is 15.1. The summed E-state index contributed by atoms with van der Waals surface area (Å²) >= 11 is 0. The van der Waals surface area contributed by atoms with Gasteiger partial charge in [0.1, 0.15) is 5.82 Å². The van der Waals surface area contributed by atoms with Gasteiger partial charge in [-0.15, -0.1) is 0 Å². The Kier molecular flexibility index (Phi) is 7.26. The lowest BCUT2D eigenvalue weighted by molar-refractivity contribution is 0.102. The van der Waals surface area contributed by atoms with E-state index in [0.29, 0.717) is 11.3 Å². The third-order valence-corrected chi connectivity index (χ3v) is 7.11. The van der Waals surface area contributed by atoms with E-state index >= 15 is 0 Å². The van der Waals surface area contributed by atoms with Crippen molar-refractivity contribution in [1.82, 2.24) is 9.80 Å².